The SMILES string of the molecule is CCC(C)C(C(CC(=O)N1CCCC1C(OC)C(C)C)OC)N(C)C(=O)CNC(=O)N(C(=O)CCCCCNC(=O)CBr)C(CC)C(C)C. The number of unbranched alkanes of at least 4 members (excludes halogenated alkanes) is 2. The van der Waals surface area contributed by atoms with Gasteiger partial charge in [-0.25, -0.2) is 4.79 Å². The fourth-order valence-corrected chi connectivity index (χ4v) is 7.29. The molecule has 6 atom stereocenters. The summed E-state index contributed by atoms with van der Waals surface area (Å²) in [7, 11) is 4.95. The van der Waals surface area contributed by atoms with Crippen molar-refractivity contribution in [1.82, 2.24) is 25.3 Å². The van der Waals surface area contributed by atoms with Crippen LogP contribution in [0.3, 0.4) is 0 Å². The lowest BCUT2D eigenvalue weighted by atomic mass is 9.90. The van der Waals surface area contributed by atoms with E-state index in [1.54, 1.807) is 26.2 Å². The summed E-state index contributed by atoms with van der Waals surface area (Å²) >= 11 is 3.12. The molecule has 0 radical (unpaired) electrons. The number of likely N-dealkylation sites (N-methyl/N-ethyl adjacent to an activating group) is 1. The summed E-state index contributed by atoms with van der Waals surface area (Å²) in [6.07, 6.45) is 4.90. The molecule has 0 aromatic carbocycles. The number of imide groups is 1. The molecule has 1 fully saturated rings. The van der Waals surface area contributed by atoms with E-state index < -0.39 is 18.2 Å². The van der Waals surface area contributed by atoms with E-state index in [9.17, 15) is 24.0 Å². The van der Waals surface area contributed by atoms with E-state index in [-0.39, 0.29) is 84.3 Å². The highest BCUT2D eigenvalue weighted by atomic mass is 79.9. The third kappa shape index (κ3) is 13.8. The summed E-state index contributed by atoms with van der Waals surface area (Å²) in [6.45, 7) is 15.1. The number of ether oxygens (including phenoxy) is 2. The molecule has 6 amide bonds. The molecule has 49 heavy (non-hydrogen) atoms. The van der Waals surface area contributed by atoms with Crippen molar-refractivity contribution in [1.29, 1.82) is 0 Å². The highest BCUT2D eigenvalue weighted by Gasteiger charge is 2.40. The number of hydrogen-bond donors (Lipinski definition) is 2. The van der Waals surface area contributed by atoms with Gasteiger partial charge in [-0.15, -0.1) is 0 Å². The molecule has 1 aliphatic rings. The minimum Gasteiger partial charge on any atom is -0.379 e. The second kappa shape index (κ2) is 23.3. The molecule has 2 N–H and O–H groups in total. The average molecular weight is 761 g/mol. The van der Waals surface area contributed by atoms with Crippen LogP contribution in [0.25, 0.3) is 0 Å². The van der Waals surface area contributed by atoms with Gasteiger partial charge in [0.05, 0.1) is 42.6 Å². The number of likely N-dealkylation sites (tertiary alicyclic amines) is 1. The zero-order valence-corrected chi connectivity index (χ0v) is 33.5. The number of urea groups is 1. The lowest BCUT2D eigenvalue weighted by Gasteiger charge is -2.39. The van der Waals surface area contributed by atoms with Crippen LogP contribution in [-0.4, -0.2) is 121 Å². The number of nitrogens with zero attached hydrogens (tertiary/aromatic N) is 3. The Labute approximate surface area is 304 Å². The first-order chi connectivity index (χ1) is 23.2. The van der Waals surface area contributed by atoms with Crippen LogP contribution in [0.4, 0.5) is 4.79 Å². The van der Waals surface area contributed by atoms with Gasteiger partial charge >= 0.3 is 6.03 Å². The van der Waals surface area contributed by atoms with Gasteiger partial charge in [0.25, 0.3) is 0 Å². The Kier molecular flexibility index (Phi) is 21.3. The van der Waals surface area contributed by atoms with E-state index in [0.29, 0.717) is 25.9 Å². The van der Waals surface area contributed by atoms with Crippen LogP contribution >= 0.6 is 15.9 Å². The second-order valence-corrected chi connectivity index (χ2v) is 14.6. The number of carbonyl (C=O) groups excluding carboxylic acids is 5. The number of hydrogen-bond acceptors (Lipinski definition) is 7. The van der Waals surface area contributed by atoms with Gasteiger partial charge in [-0.2, -0.15) is 0 Å². The largest absolute Gasteiger partial charge is 0.379 e. The van der Waals surface area contributed by atoms with E-state index in [1.807, 2.05) is 39.5 Å². The molecule has 0 bridgehead atoms. The van der Waals surface area contributed by atoms with E-state index >= 15 is 0 Å². The molecule has 284 valence electrons. The maximum absolute atomic E-state index is 13.7. The Morgan fingerprint density at radius 1 is 0.898 bits per heavy atom. The highest BCUT2D eigenvalue weighted by molar-refractivity contribution is 9.09. The first kappa shape index (κ1) is 44.8. The monoisotopic (exact) mass is 759 g/mol. The number of methoxy groups -OCH3 is 2. The van der Waals surface area contributed by atoms with Crippen molar-refractivity contribution in [3.63, 3.8) is 0 Å². The van der Waals surface area contributed by atoms with Crippen LogP contribution in [0.15, 0.2) is 0 Å². The van der Waals surface area contributed by atoms with Gasteiger partial charge in [0.2, 0.25) is 23.6 Å². The Morgan fingerprint density at radius 2 is 1.57 bits per heavy atom. The number of alkyl halides is 1. The molecule has 1 rings (SSSR count). The molecule has 0 aromatic rings. The molecule has 12 nitrogen and oxygen atoms in total. The molecule has 1 heterocycles. The molecule has 6 unspecified atom stereocenters. The maximum Gasteiger partial charge on any atom is 0.324 e. The number of halogens is 1. The summed E-state index contributed by atoms with van der Waals surface area (Å²) in [6, 6.07) is -1.32. The third-order valence-corrected chi connectivity index (χ3v) is 10.5. The van der Waals surface area contributed by atoms with Crippen LogP contribution < -0.4 is 10.6 Å². The zero-order chi connectivity index (χ0) is 37.3. The van der Waals surface area contributed by atoms with Gasteiger partial charge in [0.1, 0.15) is 0 Å². The van der Waals surface area contributed by atoms with Gasteiger partial charge in [0, 0.05) is 46.8 Å². The predicted octanol–water partition coefficient (Wildman–Crippen LogP) is 4.97. The quantitative estimate of drug-likeness (QED) is 0.118. The van der Waals surface area contributed by atoms with E-state index in [0.717, 1.165) is 32.1 Å². The van der Waals surface area contributed by atoms with Gasteiger partial charge in [0.15, 0.2) is 0 Å². The molecule has 0 aromatic heterocycles. The molecule has 0 spiro atoms. The molecule has 0 saturated carbocycles. The Bertz CT molecular complexity index is 1050. The Balaban J connectivity index is 3.01. The van der Waals surface area contributed by atoms with Crippen molar-refractivity contribution in [2.45, 2.75) is 137 Å². The standard InChI is InChI=1S/C36H66BrN5O7/c1-11-26(7)34(29(48-9)21-32(45)41-20-16-17-28(41)35(49-10)25(5)6)40(8)33(46)23-39-36(47)42(27(12-2)24(3)4)31(44)18-14-13-15-19-38-30(43)22-37/h24-29,34-35H,11-23H2,1-10H3,(H,38,43)(H,39,47). The van der Waals surface area contributed by atoms with Crippen LogP contribution in [-0.2, 0) is 28.7 Å². The van der Waals surface area contributed by atoms with Crippen LogP contribution in [0.2, 0.25) is 0 Å². The van der Waals surface area contributed by atoms with Crippen LogP contribution in [0, 0.1) is 17.8 Å². The normalized spacial score (nSPS) is 17.7. The minimum absolute atomic E-state index is 0.00173. The first-order valence-corrected chi connectivity index (χ1v) is 19.4. The number of carbonyl (C=O) groups is 5. The van der Waals surface area contributed by atoms with E-state index in [4.69, 9.17) is 9.47 Å². The van der Waals surface area contributed by atoms with Gasteiger partial charge < -0.3 is 29.9 Å². The fraction of sp³-hybridized carbons (Fsp3) is 0.861. The van der Waals surface area contributed by atoms with Crippen molar-refractivity contribution in [2.75, 3.05) is 46.2 Å². The van der Waals surface area contributed by atoms with Gasteiger partial charge in [-0.3, -0.25) is 24.1 Å². The zero-order valence-electron chi connectivity index (χ0n) is 31.9. The third-order valence-electron chi connectivity index (χ3n) is 9.96. The number of rotatable bonds is 22. The number of amides is 6. The van der Waals surface area contributed by atoms with Gasteiger partial charge in [-0.1, -0.05) is 77.2 Å². The Hall–Kier alpha value is -2.25. The molecule has 13 heteroatoms. The van der Waals surface area contributed by atoms with Crippen molar-refractivity contribution in [3.05, 3.63) is 0 Å². The fourth-order valence-electron chi connectivity index (χ4n) is 7.09. The number of nitrogens with one attached hydrogen (secondary N) is 2. The lowest BCUT2D eigenvalue weighted by molar-refractivity contribution is -0.144. The molecular weight excluding hydrogens is 694 g/mol. The van der Waals surface area contributed by atoms with E-state index in [1.165, 1.54) is 4.90 Å². The summed E-state index contributed by atoms with van der Waals surface area (Å²) < 4.78 is 11.7. The van der Waals surface area contributed by atoms with E-state index in [2.05, 4.69) is 40.4 Å². The topological polar surface area (TPSA) is 138 Å². The maximum atomic E-state index is 13.7. The summed E-state index contributed by atoms with van der Waals surface area (Å²) in [5.41, 5.74) is 0. The predicted molar refractivity (Wildman–Crippen MR) is 196 cm³/mol. The first-order valence-electron chi connectivity index (χ1n) is 18.2. The molecule has 1 aliphatic heterocycles. The molecular formula is C36H66BrN5O7. The highest BCUT2D eigenvalue weighted by Crippen LogP contribution is 2.29. The van der Waals surface area contributed by atoms with Crippen LogP contribution in [0.1, 0.15) is 106 Å². The molecule has 1 saturated heterocycles. The molecule has 0 aliphatic carbocycles. The Morgan fingerprint density at radius 3 is 2.10 bits per heavy atom. The second-order valence-electron chi connectivity index (χ2n) is 14.0. The van der Waals surface area contributed by atoms with Crippen molar-refractivity contribution in [2.24, 2.45) is 17.8 Å². The van der Waals surface area contributed by atoms with Crippen LogP contribution in [0.5, 0.6) is 0 Å². The summed E-state index contributed by atoms with van der Waals surface area (Å²) in [5.74, 6) is -0.415. The summed E-state index contributed by atoms with van der Waals surface area (Å²) in [5, 5.41) is 5.77. The van der Waals surface area contributed by atoms with Crippen molar-refractivity contribution >= 4 is 45.6 Å². The average Bonchev–Trinajstić information content (AvgIpc) is 3.55. The van der Waals surface area contributed by atoms with Crippen molar-refractivity contribution in [3.8, 4) is 0 Å². The van der Waals surface area contributed by atoms with Crippen molar-refractivity contribution < 1.29 is 33.4 Å². The van der Waals surface area contributed by atoms with Gasteiger partial charge in [-0.05, 0) is 49.9 Å². The smallest absolute Gasteiger partial charge is 0.324 e. The lowest BCUT2D eigenvalue weighted by Crippen LogP contribution is -2.56. The minimum atomic E-state index is -0.589. The summed E-state index contributed by atoms with van der Waals surface area (Å²) in [4.78, 5) is 70.5.